The highest BCUT2D eigenvalue weighted by Crippen LogP contribution is 2.28. The van der Waals surface area contributed by atoms with E-state index in [2.05, 4.69) is 17.1 Å². The molecule has 1 unspecified atom stereocenters. The van der Waals surface area contributed by atoms with Crippen molar-refractivity contribution in [2.45, 2.75) is 32.7 Å². The maximum absolute atomic E-state index is 6.49. The molecule has 1 aromatic heterocycles. The van der Waals surface area contributed by atoms with E-state index in [1.54, 1.807) is 7.11 Å². The molecule has 106 valence electrons. The van der Waals surface area contributed by atoms with Crippen molar-refractivity contribution < 1.29 is 4.74 Å². The molecular weight excluding hydrogens is 248 g/mol. The van der Waals surface area contributed by atoms with Crippen molar-refractivity contribution in [2.75, 3.05) is 7.11 Å². The van der Waals surface area contributed by atoms with Gasteiger partial charge >= 0.3 is 0 Å². The standard InChI is InChI=1S/C17H22N2O/c1-12-11-19-15(13(2)16(12)20-4)10-17(3,18)14-8-6-5-7-9-14/h5-9,11H,10,18H2,1-4H3. The van der Waals surface area contributed by atoms with Gasteiger partial charge in [-0.05, 0) is 26.3 Å². The van der Waals surface area contributed by atoms with Crippen molar-refractivity contribution in [3.8, 4) is 5.75 Å². The lowest BCUT2D eigenvalue weighted by Crippen LogP contribution is -2.36. The molecule has 1 heterocycles. The summed E-state index contributed by atoms with van der Waals surface area (Å²) < 4.78 is 5.46. The topological polar surface area (TPSA) is 48.1 Å². The largest absolute Gasteiger partial charge is 0.496 e. The molecule has 0 spiro atoms. The van der Waals surface area contributed by atoms with Crippen LogP contribution in [0.25, 0.3) is 0 Å². The summed E-state index contributed by atoms with van der Waals surface area (Å²) in [7, 11) is 1.69. The molecule has 0 radical (unpaired) electrons. The van der Waals surface area contributed by atoms with Gasteiger partial charge in [-0.2, -0.15) is 0 Å². The number of aryl methyl sites for hydroxylation is 1. The third-order valence-corrected chi connectivity index (χ3v) is 3.72. The monoisotopic (exact) mass is 270 g/mol. The van der Waals surface area contributed by atoms with Crippen molar-refractivity contribution in [1.82, 2.24) is 4.98 Å². The molecule has 0 aliphatic rings. The van der Waals surface area contributed by atoms with Gasteiger partial charge < -0.3 is 10.5 Å². The molecule has 0 aliphatic heterocycles. The smallest absolute Gasteiger partial charge is 0.128 e. The molecule has 2 aromatic rings. The fourth-order valence-corrected chi connectivity index (χ4v) is 2.52. The van der Waals surface area contributed by atoms with E-state index < -0.39 is 5.54 Å². The van der Waals surface area contributed by atoms with Crippen LogP contribution in [0.2, 0.25) is 0 Å². The Hall–Kier alpha value is -1.87. The molecule has 3 nitrogen and oxygen atoms in total. The number of nitrogens with zero attached hydrogens (tertiary/aromatic N) is 1. The van der Waals surface area contributed by atoms with E-state index >= 15 is 0 Å². The van der Waals surface area contributed by atoms with Gasteiger partial charge in [-0.25, -0.2) is 0 Å². The summed E-state index contributed by atoms with van der Waals surface area (Å²) in [6.45, 7) is 6.08. The minimum atomic E-state index is -0.445. The number of hydrogen-bond donors (Lipinski definition) is 1. The molecule has 0 saturated heterocycles. The highest BCUT2D eigenvalue weighted by Gasteiger charge is 2.24. The Labute approximate surface area is 120 Å². The second-order valence-electron chi connectivity index (χ2n) is 5.51. The Morgan fingerprint density at radius 1 is 1.20 bits per heavy atom. The predicted molar refractivity (Wildman–Crippen MR) is 81.9 cm³/mol. The van der Waals surface area contributed by atoms with Crippen LogP contribution in [0.4, 0.5) is 0 Å². The molecule has 0 amide bonds. The lowest BCUT2D eigenvalue weighted by Gasteiger charge is -2.26. The number of pyridine rings is 1. The van der Waals surface area contributed by atoms with Crippen LogP contribution in [-0.4, -0.2) is 12.1 Å². The summed E-state index contributed by atoms with van der Waals surface area (Å²) in [6, 6.07) is 10.1. The van der Waals surface area contributed by atoms with E-state index in [0.717, 1.165) is 28.1 Å². The lowest BCUT2D eigenvalue weighted by molar-refractivity contribution is 0.404. The number of benzene rings is 1. The predicted octanol–water partition coefficient (Wildman–Crippen LogP) is 3.12. The molecule has 0 fully saturated rings. The first-order chi connectivity index (χ1) is 9.45. The van der Waals surface area contributed by atoms with Gasteiger partial charge in [0.15, 0.2) is 0 Å². The fraction of sp³-hybridized carbons (Fsp3) is 0.353. The van der Waals surface area contributed by atoms with Gasteiger partial charge in [0.1, 0.15) is 5.75 Å². The number of hydrogen-bond acceptors (Lipinski definition) is 3. The van der Waals surface area contributed by atoms with Gasteiger partial charge in [-0.3, -0.25) is 4.98 Å². The molecule has 0 bridgehead atoms. The zero-order chi connectivity index (χ0) is 14.8. The average molecular weight is 270 g/mol. The Morgan fingerprint density at radius 3 is 2.45 bits per heavy atom. The number of ether oxygens (including phenoxy) is 1. The van der Waals surface area contributed by atoms with Gasteiger partial charge in [-0.15, -0.1) is 0 Å². The van der Waals surface area contributed by atoms with Crippen LogP contribution in [0.5, 0.6) is 5.75 Å². The highest BCUT2D eigenvalue weighted by molar-refractivity contribution is 5.42. The fourth-order valence-electron chi connectivity index (χ4n) is 2.52. The van der Waals surface area contributed by atoms with Crippen molar-refractivity contribution >= 4 is 0 Å². The summed E-state index contributed by atoms with van der Waals surface area (Å²) in [4.78, 5) is 4.54. The molecule has 1 atom stereocenters. The van der Waals surface area contributed by atoms with Crippen LogP contribution in [-0.2, 0) is 12.0 Å². The first-order valence-electron chi connectivity index (χ1n) is 6.79. The van der Waals surface area contributed by atoms with E-state index in [9.17, 15) is 0 Å². The van der Waals surface area contributed by atoms with Crippen molar-refractivity contribution in [3.05, 3.63) is 58.9 Å². The van der Waals surface area contributed by atoms with Crippen molar-refractivity contribution in [1.29, 1.82) is 0 Å². The Bertz CT molecular complexity index is 591. The Balaban J connectivity index is 2.35. The van der Waals surface area contributed by atoms with Crippen molar-refractivity contribution in [3.63, 3.8) is 0 Å². The second kappa shape index (κ2) is 5.63. The summed E-state index contributed by atoms with van der Waals surface area (Å²) in [5.41, 5.74) is 10.3. The molecular formula is C17H22N2O. The van der Waals surface area contributed by atoms with Gasteiger partial charge in [0.05, 0.1) is 7.11 Å². The van der Waals surface area contributed by atoms with Gasteiger partial charge in [0.2, 0.25) is 0 Å². The second-order valence-corrected chi connectivity index (χ2v) is 5.51. The van der Waals surface area contributed by atoms with Gasteiger partial charge in [0.25, 0.3) is 0 Å². The zero-order valence-electron chi connectivity index (χ0n) is 12.6. The van der Waals surface area contributed by atoms with E-state index in [0.29, 0.717) is 6.42 Å². The molecule has 1 aromatic carbocycles. The van der Waals surface area contributed by atoms with Crippen LogP contribution >= 0.6 is 0 Å². The SMILES string of the molecule is COc1c(C)cnc(CC(C)(N)c2ccccc2)c1C. The third kappa shape index (κ3) is 2.83. The van der Waals surface area contributed by atoms with Crippen LogP contribution in [0, 0.1) is 13.8 Å². The van der Waals surface area contributed by atoms with E-state index in [1.165, 1.54) is 0 Å². The molecule has 0 saturated carbocycles. The summed E-state index contributed by atoms with van der Waals surface area (Å²) >= 11 is 0. The van der Waals surface area contributed by atoms with Crippen LogP contribution in [0.1, 0.15) is 29.3 Å². The van der Waals surface area contributed by atoms with Gasteiger partial charge in [0, 0.05) is 35.0 Å². The number of aromatic nitrogens is 1. The quantitative estimate of drug-likeness (QED) is 0.928. The first-order valence-corrected chi connectivity index (χ1v) is 6.79. The van der Waals surface area contributed by atoms with Crippen LogP contribution in [0.3, 0.4) is 0 Å². The highest BCUT2D eigenvalue weighted by atomic mass is 16.5. The zero-order valence-corrected chi connectivity index (χ0v) is 12.6. The molecule has 2 N–H and O–H groups in total. The summed E-state index contributed by atoms with van der Waals surface area (Å²) in [5, 5.41) is 0. The van der Waals surface area contributed by atoms with Crippen LogP contribution < -0.4 is 10.5 Å². The van der Waals surface area contributed by atoms with E-state index in [1.807, 2.05) is 45.2 Å². The molecule has 0 aliphatic carbocycles. The minimum absolute atomic E-state index is 0.445. The molecule has 20 heavy (non-hydrogen) atoms. The number of methoxy groups -OCH3 is 1. The van der Waals surface area contributed by atoms with Gasteiger partial charge in [-0.1, -0.05) is 30.3 Å². The van der Waals surface area contributed by atoms with Crippen LogP contribution in [0.15, 0.2) is 36.5 Å². The van der Waals surface area contributed by atoms with E-state index in [4.69, 9.17) is 10.5 Å². The first kappa shape index (κ1) is 14.5. The lowest BCUT2D eigenvalue weighted by atomic mass is 9.87. The summed E-state index contributed by atoms with van der Waals surface area (Å²) in [6.07, 6.45) is 2.53. The third-order valence-electron chi connectivity index (χ3n) is 3.72. The molecule has 3 heteroatoms. The maximum atomic E-state index is 6.49. The van der Waals surface area contributed by atoms with E-state index in [-0.39, 0.29) is 0 Å². The molecule has 2 rings (SSSR count). The Morgan fingerprint density at radius 2 is 1.85 bits per heavy atom. The normalized spacial score (nSPS) is 13.8. The minimum Gasteiger partial charge on any atom is -0.496 e. The number of nitrogens with two attached hydrogens (primary N) is 1. The maximum Gasteiger partial charge on any atom is 0.128 e. The van der Waals surface area contributed by atoms with Crippen molar-refractivity contribution in [2.24, 2.45) is 5.73 Å². The average Bonchev–Trinajstić information content (AvgIpc) is 2.44. The Kier molecular flexibility index (Phi) is 4.09. The number of rotatable bonds is 4. The summed E-state index contributed by atoms with van der Waals surface area (Å²) in [5.74, 6) is 0.902.